The minimum atomic E-state index is 0.606. The van der Waals surface area contributed by atoms with Crippen molar-refractivity contribution in [3.8, 4) is 6.07 Å². The molecule has 0 bridgehead atoms. The molecule has 0 saturated carbocycles. The molecule has 0 aliphatic carbocycles. The molecule has 0 aliphatic rings. The summed E-state index contributed by atoms with van der Waals surface area (Å²) in [5.41, 5.74) is 1.76. The van der Waals surface area contributed by atoms with Crippen LogP contribution in [0.1, 0.15) is 30.9 Å². The fourth-order valence-corrected chi connectivity index (χ4v) is 1.91. The van der Waals surface area contributed by atoms with Crippen LogP contribution < -0.4 is 10.6 Å². The second-order valence-corrected chi connectivity index (χ2v) is 5.24. The van der Waals surface area contributed by atoms with Crippen molar-refractivity contribution in [1.82, 2.24) is 10.6 Å². The van der Waals surface area contributed by atoms with Crippen LogP contribution in [0.5, 0.6) is 0 Å². The van der Waals surface area contributed by atoms with Crippen molar-refractivity contribution in [2.24, 2.45) is 4.99 Å². The normalized spacial score (nSPS) is 11.1. The molecule has 0 heterocycles. The van der Waals surface area contributed by atoms with Crippen molar-refractivity contribution in [3.63, 3.8) is 0 Å². The Hall–Kier alpha value is -2.10. The smallest absolute Gasteiger partial charge is 0.191 e. The summed E-state index contributed by atoms with van der Waals surface area (Å²) in [5.74, 6) is 0.724. The van der Waals surface area contributed by atoms with Crippen LogP contribution in [0.4, 0.5) is 0 Å². The molecule has 1 aromatic rings. The van der Waals surface area contributed by atoms with Crippen LogP contribution in [0, 0.1) is 11.3 Å². The molecular weight excluding hydrogens is 304 g/mol. The molecule has 6 nitrogen and oxygen atoms in total. The highest BCUT2D eigenvalue weighted by atomic mass is 16.5. The number of rotatable bonds is 11. The SMILES string of the molecule is CCCCOCCOCCNC(=NC)NCc1ccc(C#N)cc1. The molecule has 6 heteroatoms. The van der Waals surface area contributed by atoms with Crippen LogP contribution in [0.25, 0.3) is 0 Å². The molecule has 0 spiro atoms. The van der Waals surface area contributed by atoms with Gasteiger partial charge in [-0.25, -0.2) is 0 Å². The second-order valence-electron chi connectivity index (χ2n) is 5.24. The van der Waals surface area contributed by atoms with Gasteiger partial charge in [0.2, 0.25) is 0 Å². The Kier molecular flexibility index (Phi) is 11.1. The van der Waals surface area contributed by atoms with Gasteiger partial charge in [-0.3, -0.25) is 4.99 Å². The molecule has 0 saturated heterocycles. The Morgan fingerprint density at radius 2 is 1.79 bits per heavy atom. The minimum Gasteiger partial charge on any atom is -0.379 e. The van der Waals surface area contributed by atoms with Gasteiger partial charge < -0.3 is 20.1 Å². The summed E-state index contributed by atoms with van der Waals surface area (Å²) in [6, 6.07) is 9.59. The van der Waals surface area contributed by atoms with Crippen LogP contribution >= 0.6 is 0 Å². The van der Waals surface area contributed by atoms with Gasteiger partial charge >= 0.3 is 0 Å². The van der Waals surface area contributed by atoms with E-state index in [0.717, 1.165) is 31.0 Å². The van der Waals surface area contributed by atoms with E-state index in [9.17, 15) is 0 Å². The summed E-state index contributed by atoms with van der Waals surface area (Å²) in [5, 5.41) is 15.2. The predicted molar refractivity (Wildman–Crippen MR) is 95.9 cm³/mol. The topological polar surface area (TPSA) is 78.7 Å². The van der Waals surface area contributed by atoms with Gasteiger partial charge in [0.25, 0.3) is 0 Å². The lowest BCUT2D eigenvalue weighted by Crippen LogP contribution is -2.38. The first-order chi connectivity index (χ1) is 11.8. The summed E-state index contributed by atoms with van der Waals surface area (Å²) in [4.78, 5) is 4.17. The van der Waals surface area contributed by atoms with Gasteiger partial charge in [-0.1, -0.05) is 25.5 Å². The van der Waals surface area contributed by atoms with E-state index in [4.69, 9.17) is 14.7 Å². The Balaban J connectivity index is 2.09. The van der Waals surface area contributed by atoms with Crippen molar-refractivity contribution in [3.05, 3.63) is 35.4 Å². The lowest BCUT2D eigenvalue weighted by atomic mass is 10.1. The molecule has 0 unspecified atom stereocenters. The summed E-state index contributed by atoms with van der Waals surface area (Å²) in [6.45, 7) is 6.15. The second kappa shape index (κ2) is 13.3. The average Bonchev–Trinajstić information content (AvgIpc) is 2.63. The maximum atomic E-state index is 8.78. The van der Waals surface area contributed by atoms with Gasteiger partial charge in [-0.05, 0) is 24.1 Å². The molecule has 132 valence electrons. The van der Waals surface area contributed by atoms with E-state index in [1.54, 1.807) is 7.05 Å². The number of hydrogen-bond acceptors (Lipinski definition) is 4. The zero-order valence-electron chi connectivity index (χ0n) is 14.7. The first-order valence-electron chi connectivity index (χ1n) is 8.39. The molecule has 0 aromatic heterocycles. The Labute approximate surface area is 144 Å². The van der Waals surface area contributed by atoms with Gasteiger partial charge in [-0.2, -0.15) is 5.26 Å². The van der Waals surface area contributed by atoms with E-state index >= 15 is 0 Å². The van der Waals surface area contributed by atoms with Crippen LogP contribution in [0.3, 0.4) is 0 Å². The summed E-state index contributed by atoms with van der Waals surface area (Å²) >= 11 is 0. The first-order valence-corrected chi connectivity index (χ1v) is 8.39. The van der Waals surface area contributed by atoms with E-state index in [-0.39, 0.29) is 0 Å². The number of aliphatic imine (C=N–C) groups is 1. The molecule has 1 rings (SSSR count). The molecule has 0 aliphatic heterocycles. The highest BCUT2D eigenvalue weighted by Crippen LogP contribution is 2.02. The van der Waals surface area contributed by atoms with E-state index in [2.05, 4.69) is 28.6 Å². The number of guanidine groups is 1. The number of nitriles is 1. The van der Waals surface area contributed by atoms with Gasteiger partial charge in [0.05, 0.1) is 31.5 Å². The standard InChI is InChI=1S/C18H28N4O2/c1-3-4-10-23-12-13-24-11-9-21-18(20-2)22-15-17-7-5-16(14-19)6-8-17/h5-8H,3-4,9-13,15H2,1-2H3,(H2,20,21,22). The lowest BCUT2D eigenvalue weighted by molar-refractivity contribution is 0.0487. The minimum absolute atomic E-state index is 0.606. The molecule has 0 fully saturated rings. The third-order valence-electron chi connectivity index (χ3n) is 3.32. The van der Waals surface area contributed by atoms with Crippen LogP contribution in [-0.2, 0) is 16.0 Å². The van der Waals surface area contributed by atoms with Crippen molar-refractivity contribution >= 4 is 5.96 Å². The molecule has 24 heavy (non-hydrogen) atoms. The van der Waals surface area contributed by atoms with Crippen LogP contribution in [-0.4, -0.2) is 46.0 Å². The Morgan fingerprint density at radius 1 is 1.08 bits per heavy atom. The summed E-state index contributed by atoms with van der Waals surface area (Å²) in [7, 11) is 1.73. The molecular formula is C18H28N4O2. The van der Waals surface area contributed by atoms with Crippen molar-refractivity contribution in [1.29, 1.82) is 5.26 Å². The molecule has 1 aromatic carbocycles. The average molecular weight is 332 g/mol. The van der Waals surface area contributed by atoms with Crippen LogP contribution in [0.15, 0.2) is 29.3 Å². The number of unbranched alkanes of at least 4 members (excludes halogenated alkanes) is 1. The maximum absolute atomic E-state index is 8.78. The van der Waals surface area contributed by atoms with Crippen molar-refractivity contribution in [2.75, 3.05) is 40.0 Å². The zero-order valence-corrected chi connectivity index (χ0v) is 14.7. The van der Waals surface area contributed by atoms with Gasteiger partial charge in [0.15, 0.2) is 5.96 Å². The van der Waals surface area contributed by atoms with E-state index < -0.39 is 0 Å². The number of hydrogen-bond donors (Lipinski definition) is 2. The fourth-order valence-electron chi connectivity index (χ4n) is 1.91. The van der Waals surface area contributed by atoms with Crippen LogP contribution in [0.2, 0.25) is 0 Å². The quantitative estimate of drug-likeness (QED) is 0.368. The van der Waals surface area contributed by atoms with Gasteiger partial charge in [0, 0.05) is 26.7 Å². The monoisotopic (exact) mass is 332 g/mol. The predicted octanol–water partition coefficient (Wildman–Crippen LogP) is 2.06. The third-order valence-corrected chi connectivity index (χ3v) is 3.32. The number of benzene rings is 1. The van der Waals surface area contributed by atoms with Crippen molar-refractivity contribution in [2.45, 2.75) is 26.3 Å². The van der Waals surface area contributed by atoms with Crippen molar-refractivity contribution < 1.29 is 9.47 Å². The number of nitrogens with zero attached hydrogens (tertiary/aromatic N) is 2. The molecule has 2 N–H and O–H groups in total. The van der Waals surface area contributed by atoms with E-state index in [0.29, 0.717) is 38.5 Å². The molecule has 0 atom stereocenters. The summed E-state index contributed by atoms with van der Waals surface area (Å²) < 4.78 is 10.9. The Morgan fingerprint density at radius 3 is 2.42 bits per heavy atom. The van der Waals surface area contributed by atoms with E-state index in [1.165, 1.54) is 0 Å². The molecule has 0 radical (unpaired) electrons. The van der Waals surface area contributed by atoms with Gasteiger partial charge in [-0.15, -0.1) is 0 Å². The van der Waals surface area contributed by atoms with E-state index in [1.807, 2.05) is 24.3 Å². The molecule has 0 amide bonds. The maximum Gasteiger partial charge on any atom is 0.191 e. The zero-order chi connectivity index (χ0) is 17.5. The number of nitrogens with one attached hydrogen (secondary N) is 2. The fraction of sp³-hybridized carbons (Fsp3) is 0.556. The highest BCUT2D eigenvalue weighted by Gasteiger charge is 1.99. The largest absolute Gasteiger partial charge is 0.379 e. The highest BCUT2D eigenvalue weighted by molar-refractivity contribution is 5.79. The number of ether oxygens (including phenoxy) is 2. The third kappa shape index (κ3) is 9.13. The first kappa shape index (κ1) is 19.9. The van der Waals surface area contributed by atoms with Gasteiger partial charge in [0.1, 0.15) is 0 Å². The Bertz CT molecular complexity index is 509. The summed E-state index contributed by atoms with van der Waals surface area (Å²) in [6.07, 6.45) is 2.25. The lowest BCUT2D eigenvalue weighted by Gasteiger charge is -2.12.